The number of H-pyrrole nitrogens is 1. The van der Waals surface area contributed by atoms with Gasteiger partial charge in [-0.05, 0) is 25.5 Å². The fourth-order valence-electron chi connectivity index (χ4n) is 1.86. The smallest absolute Gasteiger partial charge is 0.251 e. The van der Waals surface area contributed by atoms with Gasteiger partial charge in [0.15, 0.2) is 0 Å². The van der Waals surface area contributed by atoms with Crippen LogP contribution < -0.4 is 16.0 Å². The fourth-order valence-corrected chi connectivity index (χ4v) is 1.86. The van der Waals surface area contributed by atoms with E-state index in [0.29, 0.717) is 24.5 Å². The van der Waals surface area contributed by atoms with Crippen molar-refractivity contribution in [1.29, 1.82) is 0 Å². The van der Waals surface area contributed by atoms with Crippen molar-refractivity contribution in [3.63, 3.8) is 0 Å². The molecule has 1 atom stereocenters. The Morgan fingerprint density at radius 1 is 1.40 bits per heavy atom. The van der Waals surface area contributed by atoms with Gasteiger partial charge in [-0.2, -0.15) is 0 Å². The zero-order chi connectivity index (χ0) is 14.5. The molecule has 3 N–H and O–H groups in total. The molecule has 1 heterocycles. The number of hydrogen-bond acceptors (Lipinski definition) is 4. The van der Waals surface area contributed by atoms with Gasteiger partial charge >= 0.3 is 0 Å². The zero-order valence-corrected chi connectivity index (χ0v) is 11.7. The predicted molar refractivity (Wildman–Crippen MR) is 77.8 cm³/mol. The normalized spacial score (nSPS) is 12.2. The molecular formula is C15H19N3O2. The van der Waals surface area contributed by atoms with Gasteiger partial charge in [-0.3, -0.25) is 4.79 Å². The van der Waals surface area contributed by atoms with Gasteiger partial charge in [0.1, 0.15) is 11.6 Å². The summed E-state index contributed by atoms with van der Waals surface area (Å²) < 4.78 is 5.69. The Balaban J connectivity index is 2.01. The highest BCUT2D eigenvalue weighted by atomic mass is 16.5. The quantitative estimate of drug-likeness (QED) is 0.869. The number of nitrogens with one attached hydrogen (secondary N) is 1. The molecule has 0 spiro atoms. The van der Waals surface area contributed by atoms with Crippen LogP contribution in [0.2, 0.25) is 0 Å². The molecule has 0 amide bonds. The minimum atomic E-state index is -0.256. The second kappa shape index (κ2) is 6.34. The highest BCUT2D eigenvalue weighted by molar-refractivity contribution is 5.31. The lowest BCUT2D eigenvalue weighted by Crippen LogP contribution is -2.18. The van der Waals surface area contributed by atoms with Gasteiger partial charge in [0.05, 0.1) is 12.3 Å². The van der Waals surface area contributed by atoms with E-state index in [1.165, 1.54) is 6.07 Å². The lowest BCUT2D eigenvalue weighted by atomic mass is 10.2. The first kappa shape index (κ1) is 14.3. The molecular weight excluding hydrogens is 254 g/mol. The third-order valence-electron chi connectivity index (χ3n) is 2.97. The Hall–Kier alpha value is -2.14. The second-order valence-electron chi connectivity index (χ2n) is 4.77. The number of hydrogen-bond donors (Lipinski definition) is 2. The van der Waals surface area contributed by atoms with Crippen molar-refractivity contribution in [3.8, 4) is 5.75 Å². The van der Waals surface area contributed by atoms with Gasteiger partial charge in [0.25, 0.3) is 5.56 Å². The number of rotatable bonds is 5. The molecule has 0 bridgehead atoms. The van der Waals surface area contributed by atoms with Crippen molar-refractivity contribution in [2.75, 3.05) is 6.61 Å². The molecule has 0 fully saturated rings. The van der Waals surface area contributed by atoms with Gasteiger partial charge in [-0.15, -0.1) is 0 Å². The summed E-state index contributed by atoms with van der Waals surface area (Å²) in [4.78, 5) is 18.5. The van der Waals surface area contributed by atoms with Crippen LogP contribution in [-0.2, 0) is 6.42 Å². The van der Waals surface area contributed by atoms with E-state index in [0.717, 1.165) is 11.3 Å². The van der Waals surface area contributed by atoms with E-state index in [9.17, 15) is 4.79 Å². The monoisotopic (exact) mass is 273 g/mol. The third-order valence-corrected chi connectivity index (χ3v) is 2.97. The number of nitrogens with two attached hydrogens (primary N) is 1. The van der Waals surface area contributed by atoms with E-state index in [2.05, 4.69) is 9.97 Å². The maximum absolute atomic E-state index is 11.5. The van der Waals surface area contributed by atoms with Gasteiger partial charge in [0, 0.05) is 18.5 Å². The Morgan fingerprint density at radius 2 is 2.15 bits per heavy atom. The number of aryl methyl sites for hydroxylation is 1. The lowest BCUT2D eigenvalue weighted by molar-refractivity contribution is 0.316. The van der Waals surface area contributed by atoms with Gasteiger partial charge in [0.2, 0.25) is 0 Å². The highest BCUT2D eigenvalue weighted by Crippen LogP contribution is 2.16. The van der Waals surface area contributed by atoms with Crippen molar-refractivity contribution >= 4 is 0 Å². The molecule has 1 aromatic heterocycles. The number of aromatic amines is 1. The van der Waals surface area contributed by atoms with Crippen LogP contribution in [0.3, 0.4) is 0 Å². The molecule has 0 saturated heterocycles. The average molecular weight is 273 g/mol. The first-order chi connectivity index (χ1) is 9.56. The molecule has 5 heteroatoms. The summed E-state index contributed by atoms with van der Waals surface area (Å²) >= 11 is 0. The molecule has 5 nitrogen and oxygen atoms in total. The number of para-hydroxylation sites is 1. The molecule has 106 valence electrons. The summed E-state index contributed by atoms with van der Waals surface area (Å²) in [5.41, 5.74) is 7.24. The molecule has 0 aliphatic heterocycles. The Kier molecular flexibility index (Phi) is 4.53. The van der Waals surface area contributed by atoms with Crippen LogP contribution in [-0.4, -0.2) is 16.6 Å². The fraction of sp³-hybridized carbons (Fsp3) is 0.333. The standard InChI is InChI=1S/C15H19N3O2/c1-10-5-3-4-6-13(10)20-8-7-14-17-12(11(2)16)9-15(19)18-14/h3-6,9,11H,7-8,16H2,1-2H3,(H,17,18,19). The van der Waals surface area contributed by atoms with Crippen LogP contribution in [0, 0.1) is 6.92 Å². The van der Waals surface area contributed by atoms with E-state index in [1.54, 1.807) is 6.92 Å². The summed E-state index contributed by atoms with van der Waals surface area (Å²) in [5, 5.41) is 0. The van der Waals surface area contributed by atoms with Crippen molar-refractivity contribution < 1.29 is 4.74 Å². The molecule has 0 radical (unpaired) electrons. The molecule has 20 heavy (non-hydrogen) atoms. The molecule has 0 saturated carbocycles. The van der Waals surface area contributed by atoms with E-state index in [4.69, 9.17) is 10.5 Å². The SMILES string of the molecule is Cc1ccccc1OCCc1nc(C(C)N)cc(=O)[nH]1. The van der Waals surface area contributed by atoms with Gasteiger partial charge in [-0.25, -0.2) is 4.98 Å². The minimum absolute atomic E-state index is 0.182. The number of nitrogens with zero attached hydrogens (tertiary/aromatic N) is 1. The third kappa shape index (κ3) is 3.68. The Bertz CT molecular complexity index is 635. The van der Waals surface area contributed by atoms with Crippen LogP contribution in [0.4, 0.5) is 0 Å². The van der Waals surface area contributed by atoms with Crippen molar-refractivity contribution in [3.05, 3.63) is 57.8 Å². The maximum Gasteiger partial charge on any atom is 0.251 e. The minimum Gasteiger partial charge on any atom is -0.493 e. The van der Waals surface area contributed by atoms with Crippen LogP contribution >= 0.6 is 0 Å². The van der Waals surface area contributed by atoms with E-state index < -0.39 is 0 Å². The molecule has 0 aliphatic carbocycles. The molecule has 2 aromatic rings. The number of ether oxygens (including phenoxy) is 1. The van der Waals surface area contributed by atoms with Crippen LogP contribution in [0.15, 0.2) is 35.1 Å². The van der Waals surface area contributed by atoms with Crippen molar-refractivity contribution in [2.24, 2.45) is 5.73 Å². The molecule has 1 unspecified atom stereocenters. The van der Waals surface area contributed by atoms with Crippen LogP contribution in [0.5, 0.6) is 5.75 Å². The summed E-state index contributed by atoms with van der Waals surface area (Å²) in [5.74, 6) is 1.44. The second-order valence-corrected chi connectivity index (χ2v) is 4.77. The van der Waals surface area contributed by atoms with Gasteiger partial charge < -0.3 is 15.5 Å². The topological polar surface area (TPSA) is 81.0 Å². The summed E-state index contributed by atoms with van der Waals surface area (Å²) in [6.45, 7) is 4.25. The highest BCUT2D eigenvalue weighted by Gasteiger charge is 2.06. The maximum atomic E-state index is 11.5. The van der Waals surface area contributed by atoms with Crippen LogP contribution in [0.25, 0.3) is 0 Å². The van der Waals surface area contributed by atoms with Crippen molar-refractivity contribution in [2.45, 2.75) is 26.3 Å². The summed E-state index contributed by atoms with van der Waals surface area (Å²) in [6, 6.07) is 8.98. The first-order valence-corrected chi connectivity index (χ1v) is 6.60. The van der Waals surface area contributed by atoms with Crippen LogP contribution in [0.1, 0.15) is 30.0 Å². The Labute approximate surface area is 117 Å². The average Bonchev–Trinajstić information content (AvgIpc) is 2.40. The lowest BCUT2D eigenvalue weighted by Gasteiger charge is -2.09. The summed E-state index contributed by atoms with van der Waals surface area (Å²) in [7, 11) is 0. The summed E-state index contributed by atoms with van der Waals surface area (Å²) in [6.07, 6.45) is 0.532. The van der Waals surface area contributed by atoms with Crippen molar-refractivity contribution in [1.82, 2.24) is 9.97 Å². The first-order valence-electron chi connectivity index (χ1n) is 6.60. The van der Waals surface area contributed by atoms with E-state index in [1.807, 2.05) is 31.2 Å². The zero-order valence-electron chi connectivity index (χ0n) is 11.7. The number of aromatic nitrogens is 2. The Morgan fingerprint density at radius 3 is 2.85 bits per heavy atom. The predicted octanol–water partition coefficient (Wildman–Crippen LogP) is 1.72. The number of benzene rings is 1. The molecule has 0 aliphatic rings. The largest absolute Gasteiger partial charge is 0.493 e. The molecule has 2 rings (SSSR count). The molecule has 1 aromatic carbocycles. The van der Waals surface area contributed by atoms with E-state index in [-0.39, 0.29) is 11.6 Å². The van der Waals surface area contributed by atoms with Gasteiger partial charge in [-0.1, -0.05) is 18.2 Å². The van der Waals surface area contributed by atoms with E-state index >= 15 is 0 Å².